The number of aryl methyl sites for hydroxylation is 1. The van der Waals surface area contributed by atoms with Gasteiger partial charge in [-0.15, -0.1) is 11.3 Å². The Balaban J connectivity index is 2.07. The first-order valence-corrected chi connectivity index (χ1v) is 7.89. The highest BCUT2D eigenvalue weighted by Crippen LogP contribution is 2.33. The summed E-state index contributed by atoms with van der Waals surface area (Å²) in [5.74, 6) is -0.148. The Kier molecular flexibility index (Phi) is 4.03. The van der Waals surface area contributed by atoms with Gasteiger partial charge in [-0.1, -0.05) is 13.0 Å². The van der Waals surface area contributed by atoms with E-state index in [4.69, 9.17) is 0 Å². The van der Waals surface area contributed by atoms with Crippen molar-refractivity contribution in [1.82, 2.24) is 15.1 Å². The highest BCUT2D eigenvalue weighted by molar-refractivity contribution is 7.19. The number of rotatable bonds is 5. The molecule has 0 unspecified atom stereocenters. The van der Waals surface area contributed by atoms with Crippen LogP contribution >= 0.6 is 11.3 Å². The number of aromatic nitrogens is 2. The van der Waals surface area contributed by atoms with Crippen LogP contribution in [-0.4, -0.2) is 16.3 Å². The van der Waals surface area contributed by atoms with Crippen LogP contribution in [0.3, 0.4) is 0 Å². The van der Waals surface area contributed by atoms with Crippen LogP contribution in [0.4, 0.5) is 4.39 Å². The molecule has 5 heteroatoms. The lowest BCUT2D eigenvalue weighted by Crippen LogP contribution is -2.13. The molecule has 21 heavy (non-hydrogen) atoms. The molecule has 0 bridgehead atoms. The number of hydrogen-bond donors (Lipinski definition) is 1. The van der Waals surface area contributed by atoms with E-state index < -0.39 is 0 Å². The van der Waals surface area contributed by atoms with E-state index in [1.807, 2.05) is 30.1 Å². The van der Waals surface area contributed by atoms with Crippen LogP contribution in [0.5, 0.6) is 0 Å². The van der Waals surface area contributed by atoms with Gasteiger partial charge in [0.25, 0.3) is 0 Å². The number of benzene rings is 1. The van der Waals surface area contributed by atoms with Gasteiger partial charge in [-0.2, -0.15) is 5.10 Å². The first-order chi connectivity index (χ1) is 10.2. The highest BCUT2D eigenvalue weighted by Gasteiger charge is 2.15. The number of nitrogens with one attached hydrogen (secondary N) is 1. The van der Waals surface area contributed by atoms with Crippen molar-refractivity contribution in [1.29, 1.82) is 0 Å². The molecule has 0 aliphatic carbocycles. The number of fused-ring (bicyclic) bond motifs is 1. The summed E-state index contributed by atoms with van der Waals surface area (Å²) in [6, 6.07) is 5.29. The Hall–Kier alpha value is -1.72. The van der Waals surface area contributed by atoms with E-state index in [-0.39, 0.29) is 5.82 Å². The fourth-order valence-electron chi connectivity index (χ4n) is 2.48. The lowest BCUT2D eigenvalue weighted by atomic mass is 10.1. The fraction of sp³-hybridized carbons (Fsp3) is 0.312. The molecule has 3 rings (SSSR count). The van der Waals surface area contributed by atoms with E-state index in [9.17, 15) is 4.39 Å². The lowest BCUT2D eigenvalue weighted by molar-refractivity contribution is 0.633. The maximum atomic E-state index is 14.2. The third-order valence-electron chi connectivity index (χ3n) is 3.46. The Labute approximate surface area is 127 Å². The molecule has 2 heterocycles. The quantitative estimate of drug-likeness (QED) is 0.779. The molecule has 1 aromatic carbocycles. The van der Waals surface area contributed by atoms with Crippen LogP contribution in [0.2, 0.25) is 0 Å². The zero-order valence-corrected chi connectivity index (χ0v) is 13.0. The Morgan fingerprint density at radius 2 is 2.24 bits per heavy atom. The van der Waals surface area contributed by atoms with E-state index in [0.717, 1.165) is 34.3 Å². The second-order valence-electron chi connectivity index (χ2n) is 5.11. The summed E-state index contributed by atoms with van der Waals surface area (Å²) < 4.78 is 17.1. The standard InChI is InChI=1S/C16H18FN3S/c1-3-18-8-15-12(10-20-9-11(2)7-19-20)16-13(17)5-4-6-14(16)21-15/h4-7,9,18H,3,8,10H2,1-2H3. The van der Waals surface area contributed by atoms with Gasteiger partial charge in [-0.3, -0.25) is 4.68 Å². The van der Waals surface area contributed by atoms with Gasteiger partial charge in [0.15, 0.2) is 0 Å². The molecule has 0 fully saturated rings. The number of hydrogen-bond acceptors (Lipinski definition) is 3. The molecule has 0 aliphatic heterocycles. The zero-order chi connectivity index (χ0) is 14.8. The summed E-state index contributed by atoms with van der Waals surface area (Å²) in [6.07, 6.45) is 3.82. The molecule has 0 radical (unpaired) electrons. The van der Waals surface area contributed by atoms with Crippen LogP contribution in [-0.2, 0) is 13.1 Å². The molecule has 0 atom stereocenters. The molecule has 3 aromatic rings. The molecule has 0 aliphatic rings. The molecule has 1 N–H and O–H groups in total. The molecule has 0 saturated carbocycles. The first-order valence-electron chi connectivity index (χ1n) is 7.07. The van der Waals surface area contributed by atoms with E-state index in [2.05, 4.69) is 17.3 Å². The molecule has 0 saturated heterocycles. The van der Waals surface area contributed by atoms with Crippen LogP contribution < -0.4 is 5.32 Å². The van der Waals surface area contributed by atoms with Crippen molar-refractivity contribution in [2.75, 3.05) is 6.54 Å². The number of nitrogens with zero attached hydrogens (tertiary/aromatic N) is 2. The summed E-state index contributed by atoms with van der Waals surface area (Å²) in [5.41, 5.74) is 2.15. The highest BCUT2D eigenvalue weighted by atomic mass is 32.1. The predicted octanol–water partition coefficient (Wildman–Crippen LogP) is 3.70. The average Bonchev–Trinajstić information content (AvgIpc) is 3.02. The minimum absolute atomic E-state index is 0.148. The Morgan fingerprint density at radius 1 is 1.38 bits per heavy atom. The lowest BCUT2D eigenvalue weighted by Gasteiger charge is -2.06. The van der Waals surface area contributed by atoms with Gasteiger partial charge in [-0.05, 0) is 36.7 Å². The predicted molar refractivity (Wildman–Crippen MR) is 85.2 cm³/mol. The number of halogens is 1. The fourth-order valence-corrected chi connectivity index (χ4v) is 3.68. The Morgan fingerprint density at radius 3 is 2.95 bits per heavy atom. The summed E-state index contributed by atoms with van der Waals surface area (Å²) in [5, 5.41) is 8.40. The first kappa shape index (κ1) is 14.2. The summed E-state index contributed by atoms with van der Waals surface area (Å²) >= 11 is 1.66. The van der Waals surface area contributed by atoms with Crippen molar-refractivity contribution in [2.24, 2.45) is 0 Å². The van der Waals surface area contributed by atoms with Gasteiger partial charge >= 0.3 is 0 Å². The van der Waals surface area contributed by atoms with Crippen molar-refractivity contribution < 1.29 is 4.39 Å². The van der Waals surface area contributed by atoms with Gasteiger partial charge < -0.3 is 5.32 Å². The average molecular weight is 303 g/mol. The van der Waals surface area contributed by atoms with Gasteiger partial charge in [0.2, 0.25) is 0 Å². The van der Waals surface area contributed by atoms with Crippen molar-refractivity contribution in [3.8, 4) is 0 Å². The van der Waals surface area contributed by atoms with Gasteiger partial charge in [-0.25, -0.2) is 4.39 Å². The van der Waals surface area contributed by atoms with Crippen molar-refractivity contribution in [3.63, 3.8) is 0 Å². The molecule has 3 nitrogen and oxygen atoms in total. The van der Waals surface area contributed by atoms with E-state index in [0.29, 0.717) is 6.54 Å². The minimum atomic E-state index is -0.148. The molecule has 110 valence electrons. The molecule has 0 spiro atoms. The van der Waals surface area contributed by atoms with Gasteiger partial charge in [0, 0.05) is 27.7 Å². The second kappa shape index (κ2) is 5.95. The normalized spacial score (nSPS) is 11.4. The molecular formula is C16H18FN3S. The molecule has 2 aromatic heterocycles. The maximum absolute atomic E-state index is 14.2. The monoisotopic (exact) mass is 303 g/mol. The molecular weight excluding hydrogens is 285 g/mol. The van der Waals surface area contributed by atoms with Crippen LogP contribution in [0.25, 0.3) is 10.1 Å². The SMILES string of the molecule is CCNCc1sc2cccc(F)c2c1Cn1cc(C)cn1. The largest absolute Gasteiger partial charge is 0.312 e. The number of thiophene rings is 1. The van der Waals surface area contributed by atoms with Crippen LogP contribution in [0, 0.1) is 12.7 Å². The smallest absolute Gasteiger partial charge is 0.132 e. The topological polar surface area (TPSA) is 29.9 Å². The maximum Gasteiger partial charge on any atom is 0.132 e. The van der Waals surface area contributed by atoms with Crippen molar-refractivity contribution in [2.45, 2.75) is 26.9 Å². The zero-order valence-electron chi connectivity index (χ0n) is 12.2. The minimum Gasteiger partial charge on any atom is -0.312 e. The Bertz CT molecular complexity index is 760. The molecule has 0 amide bonds. The third-order valence-corrected chi connectivity index (χ3v) is 4.66. The van der Waals surface area contributed by atoms with Gasteiger partial charge in [0.1, 0.15) is 5.82 Å². The van der Waals surface area contributed by atoms with E-state index >= 15 is 0 Å². The summed E-state index contributed by atoms with van der Waals surface area (Å²) in [6.45, 7) is 6.36. The van der Waals surface area contributed by atoms with E-state index in [1.165, 1.54) is 10.9 Å². The second-order valence-corrected chi connectivity index (χ2v) is 6.25. The van der Waals surface area contributed by atoms with Crippen LogP contribution in [0.1, 0.15) is 22.9 Å². The van der Waals surface area contributed by atoms with Crippen molar-refractivity contribution >= 4 is 21.4 Å². The third kappa shape index (κ3) is 2.84. The summed E-state index contributed by atoms with van der Waals surface area (Å²) in [4.78, 5) is 1.19. The van der Waals surface area contributed by atoms with Crippen molar-refractivity contribution in [3.05, 3.63) is 52.4 Å². The van der Waals surface area contributed by atoms with Gasteiger partial charge in [0.05, 0.1) is 12.7 Å². The summed E-state index contributed by atoms with van der Waals surface area (Å²) in [7, 11) is 0. The van der Waals surface area contributed by atoms with E-state index in [1.54, 1.807) is 17.4 Å². The van der Waals surface area contributed by atoms with Crippen LogP contribution in [0.15, 0.2) is 30.6 Å².